The SMILES string of the molecule is CC(C)(C)OC(=O)COC(=O)C1CCC(OC(=O)C(C)(F)F)CC1. The van der Waals surface area contributed by atoms with Crippen LogP contribution in [0.4, 0.5) is 8.78 Å². The Morgan fingerprint density at radius 1 is 1.00 bits per heavy atom. The standard InChI is InChI=1S/C16H24F2O6/c1-15(2,3)24-12(19)9-22-13(20)10-5-7-11(8-6-10)23-14(21)16(4,17)18/h10-11H,5-9H2,1-4H3. The first-order valence-electron chi connectivity index (χ1n) is 7.86. The van der Waals surface area contributed by atoms with Crippen LogP contribution in [0, 0.1) is 5.92 Å². The van der Waals surface area contributed by atoms with Crippen LogP contribution in [0.5, 0.6) is 0 Å². The second-order valence-electron chi connectivity index (χ2n) is 6.96. The summed E-state index contributed by atoms with van der Waals surface area (Å²) in [6.07, 6.45) is 0.668. The van der Waals surface area contributed by atoms with Gasteiger partial charge in [0.05, 0.1) is 5.92 Å². The van der Waals surface area contributed by atoms with E-state index in [0.717, 1.165) is 0 Å². The maximum absolute atomic E-state index is 12.8. The molecule has 1 fully saturated rings. The maximum Gasteiger partial charge on any atom is 0.376 e. The molecule has 1 saturated carbocycles. The van der Waals surface area contributed by atoms with Crippen molar-refractivity contribution in [2.24, 2.45) is 5.92 Å². The van der Waals surface area contributed by atoms with Crippen LogP contribution in [0.25, 0.3) is 0 Å². The molecule has 0 N–H and O–H groups in total. The molecule has 0 saturated heterocycles. The van der Waals surface area contributed by atoms with E-state index >= 15 is 0 Å². The van der Waals surface area contributed by atoms with Gasteiger partial charge in [-0.15, -0.1) is 0 Å². The fourth-order valence-electron chi connectivity index (χ4n) is 2.29. The van der Waals surface area contributed by atoms with Gasteiger partial charge in [-0.2, -0.15) is 8.78 Å². The minimum Gasteiger partial charge on any atom is -0.458 e. The van der Waals surface area contributed by atoms with Crippen molar-refractivity contribution in [2.75, 3.05) is 6.61 Å². The molecule has 0 bridgehead atoms. The second-order valence-corrected chi connectivity index (χ2v) is 6.96. The third-order valence-electron chi connectivity index (χ3n) is 3.39. The summed E-state index contributed by atoms with van der Waals surface area (Å²) in [5.74, 6) is -6.69. The summed E-state index contributed by atoms with van der Waals surface area (Å²) in [7, 11) is 0. The van der Waals surface area contributed by atoms with Crippen molar-refractivity contribution in [3.63, 3.8) is 0 Å². The number of hydrogen-bond acceptors (Lipinski definition) is 6. The molecule has 0 unspecified atom stereocenters. The van der Waals surface area contributed by atoms with Crippen LogP contribution < -0.4 is 0 Å². The molecule has 1 rings (SSSR count). The molecule has 6 nitrogen and oxygen atoms in total. The van der Waals surface area contributed by atoms with Gasteiger partial charge in [-0.25, -0.2) is 9.59 Å². The number of hydrogen-bond donors (Lipinski definition) is 0. The zero-order chi connectivity index (χ0) is 18.5. The highest BCUT2D eigenvalue weighted by Crippen LogP contribution is 2.28. The second kappa shape index (κ2) is 7.90. The molecule has 0 radical (unpaired) electrons. The topological polar surface area (TPSA) is 78.9 Å². The normalized spacial score (nSPS) is 21.8. The lowest BCUT2D eigenvalue weighted by Gasteiger charge is -2.27. The van der Waals surface area contributed by atoms with Gasteiger partial charge < -0.3 is 14.2 Å². The number of alkyl halides is 2. The molecule has 0 atom stereocenters. The van der Waals surface area contributed by atoms with Crippen LogP contribution in [-0.2, 0) is 28.6 Å². The van der Waals surface area contributed by atoms with Crippen LogP contribution in [0.2, 0.25) is 0 Å². The van der Waals surface area contributed by atoms with Crippen molar-refractivity contribution in [3.8, 4) is 0 Å². The molecule has 24 heavy (non-hydrogen) atoms. The Hall–Kier alpha value is -1.73. The Labute approximate surface area is 139 Å². The minimum atomic E-state index is -3.52. The molecular formula is C16H24F2O6. The third-order valence-corrected chi connectivity index (χ3v) is 3.39. The Kier molecular flexibility index (Phi) is 6.68. The lowest BCUT2D eigenvalue weighted by Crippen LogP contribution is -2.35. The predicted octanol–water partition coefficient (Wildman–Crippen LogP) is 2.63. The minimum absolute atomic E-state index is 0.300. The first kappa shape index (κ1) is 20.3. The van der Waals surface area contributed by atoms with Crippen LogP contribution >= 0.6 is 0 Å². The summed E-state index contributed by atoms with van der Waals surface area (Å²) >= 11 is 0. The van der Waals surface area contributed by atoms with Gasteiger partial charge in [0, 0.05) is 6.92 Å². The Morgan fingerprint density at radius 2 is 1.54 bits per heavy atom. The van der Waals surface area contributed by atoms with Gasteiger partial charge in [0.15, 0.2) is 6.61 Å². The summed E-state index contributed by atoms with van der Waals surface area (Å²) in [4.78, 5) is 34.5. The lowest BCUT2D eigenvalue weighted by atomic mass is 9.87. The largest absolute Gasteiger partial charge is 0.458 e. The van der Waals surface area contributed by atoms with Gasteiger partial charge in [0.2, 0.25) is 0 Å². The van der Waals surface area contributed by atoms with Crippen LogP contribution in [-0.4, -0.2) is 42.1 Å². The van der Waals surface area contributed by atoms with Crippen molar-refractivity contribution in [2.45, 2.75) is 71.0 Å². The van der Waals surface area contributed by atoms with Gasteiger partial charge in [0.25, 0.3) is 0 Å². The molecule has 0 aromatic rings. The van der Waals surface area contributed by atoms with Gasteiger partial charge in [-0.1, -0.05) is 0 Å². The van der Waals surface area contributed by atoms with E-state index in [1.165, 1.54) is 0 Å². The number of carbonyl (C=O) groups is 3. The van der Waals surface area contributed by atoms with Crippen molar-refractivity contribution < 1.29 is 37.4 Å². The smallest absolute Gasteiger partial charge is 0.376 e. The third kappa shape index (κ3) is 7.23. The number of rotatable bonds is 5. The van der Waals surface area contributed by atoms with Gasteiger partial charge in [-0.3, -0.25) is 4.79 Å². The summed E-state index contributed by atoms with van der Waals surface area (Å²) < 4.78 is 40.2. The van der Waals surface area contributed by atoms with Crippen LogP contribution in [0.3, 0.4) is 0 Å². The number of ether oxygens (including phenoxy) is 3. The molecule has 1 aliphatic rings. The lowest BCUT2D eigenvalue weighted by molar-refractivity contribution is -0.178. The summed E-state index contributed by atoms with van der Waals surface area (Å²) in [6, 6.07) is 0. The van der Waals surface area contributed by atoms with Gasteiger partial charge in [0.1, 0.15) is 11.7 Å². The summed E-state index contributed by atoms with van der Waals surface area (Å²) in [5.41, 5.74) is -0.660. The van der Waals surface area contributed by atoms with E-state index in [0.29, 0.717) is 32.6 Å². The molecule has 0 spiro atoms. The number of esters is 3. The van der Waals surface area contributed by atoms with E-state index in [1.54, 1.807) is 20.8 Å². The Morgan fingerprint density at radius 3 is 2.00 bits per heavy atom. The Bertz CT molecular complexity index is 470. The molecule has 0 aromatic carbocycles. The number of halogens is 2. The molecule has 0 aliphatic heterocycles. The highest BCUT2D eigenvalue weighted by Gasteiger charge is 2.37. The van der Waals surface area contributed by atoms with E-state index in [4.69, 9.17) is 14.2 Å². The first-order valence-corrected chi connectivity index (χ1v) is 7.86. The van der Waals surface area contributed by atoms with Crippen LogP contribution in [0.15, 0.2) is 0 Å². The molecule has 0 aromatic heterocycles. The number of carbonyl (C=O) groups excluding carboxylic acids is 3. The Balaban J connectivity index is 2.33. The zero-order valence-corrected chi connectivity index (χ0v) is 14.4. The zero-order valence-electron chi connectivity index (χ0n) is 14.4. The predicted molar refractivity (Wildman–Crippen MR) is 79.3 cm³/mol. The van der Waals surface area contributed by atoms with E-state index in [9.17, 15) is 23.2 Å². The van der Waals surface area contributed by atoms with Crippen molar-refractivity contribution >= 4 is 17.9 Å². The molecule has 0 amide bonds. The van der Waals surface area contributed by atoms with Crippen LogP contribution in [0.1, 0.15) is 53.4 Å². The van der Waals surface area contributed by atoms with Crippen molar-refractivity contribution in [3.05, 3.63) is 0 Å². The summed E-state index contributed by atoms with van der Waals surface area (Å²) in [6.45, 7) is 5.13. The quantitative estimate of drug-likeness (QED) is 0.560. The molecule has 8 heteroatoms. The van der Waals surface area contributed by atoms with Crippen molar-refractivity contribution in [1.29, 1.82) is 0 Å². The maximum atomic E-state index is 12.8. The fraction of sp³-hybridized carbons (Fsp3) is 0.812. The molecule has 1 aliphatic carbocycles. The molecular weight excluding hydrogens is 326 g/mol. The van der Waals surface area contributed by atoms with Crippen molar-refractivity contribution in [1.82, 2.24) is 0 Å². The fourth-order valence-corrected chi connectivity index (χ4v) is 2.29. The van der Waals surface area contributed by atoms with Gasteiger partial charge >= 0.3 is 23.8 Å². The summed E-state index contributed by atoms with van der Waals surface area (Å²) in [5, 5.41) is 0. The first-order chi connectivity index (χ1) is 10.9. The average molecular weight is 350 g/mol. The highest BCUT2D eigenvalue weighted by molar-refractivity contribution is 5.78. The van der Waals surface area contributed by atoms with E-state index in [2.05, 4.69) is 0 Å². The average Bonchev–Trinajstić information content (AvgIpc) is 2.42. The van der Waals surface area contributed by atoms with E-state index in [-0.39, 0.29) is 0 Å². The van der Waals surface area contributed by atoms with E-state index in [1.807, 2.05) is 0 Å². The molecule has 0 heterocycles. The van der Waals surface area contributed by atoms with E-state index < -0.39 is 48.1 Å². The molecule has 138 valence electrons. The monoisotopic (exact) mass is 350 g/mol. The van der Waals surface area contributed by atoms with Gasteiger partial charge in [-0.05, 0) is 46.5 Å². The highest BCUT2D eigenvalue weighted by atomic mass is 19.3.